The molecule has 25 heavy (non-hydrogen) atoms. The lowest BCUT2D eigenvalue weighted by atomic mass is 10.1. The second-order valence-corrected chi connectivity index (χ2v) is 7.65. The molecule has 7 heteroatoms. The topological polar surface area (TPSA) is 71.0 Å². The van der Waals surface area contributed by atoms with Crippen LogP contribution in [0.5, 0.6) is 0 Å². The fraction of sp³-hybridized carbons (Fsp3) is 0.556. The number of piperidine rings is 1. The fourth-order valence-corrected chi connectivity index (χ4v) is 3.87. The molecule has 2 aromatic rings. The molecule has 0 aliphatic carbocycles. The van der Waals surface area contributed by atoms with E-state index in [2.05, 4.69) is 39.2 Å². The van der Waals surface area contributed by atoms with Crippen LogP contribution in [0.4, 0.5) is 5.95 Å². The van der Waals surface area contributed by atoms with Crippen molar-refractivity contribution in [1.82, 2.24) is 20.5 Å². The highest BCUT2D eigenvalue weighted by atomic mass is 32.1. The first-order valence-corrected chi connectivity index (χ1v) is 9.77. The van der Waals surface area contributed by atoms with Gasteiger partial charge in [0.2, 0.25) is 5.95 Å². The first-order chi connectivity index (χ1) is 12.1. The number of nitrogens with one attached hydrogen (secondary N) is 1. The number of carbonyl (C=O) groups excluding carboxylic acids is 1. The molecule has 1 aliphatic rings. The molecule has 0 radical (unpaired) electrons. The minimum absolute atomic E-state index is 0.0371. The number of nitrogens with zero attached hydrogens (tertiary/aromatic N) is 4. The summed E-state index contributed by atoms with van der Waals surface area (Å²) in [7, 11) is 0. The van der Waals surface area contributed by atoms with Crippen LogP contribution in [0.2, 0.25) is 0 Å². The normalized spacial score (nSPS) is 15.4. The molecule has 1 amide bonds. The van der Waals surface area contributed by atoms with Gasteiger partial charge in [-0.25, -0.2) is 4.98 Å². The van der Waals surface area contributed by atoms with Gasteiger partial charge < -0.3 is 10.2 Å². The molecule has 1 saturated heterocycles. The Kier molecular flexibility index (Phi) is 5.63. The van der Waals surface area contributed by atoms with E-state index in [0.717, 1.165) is 59.9 Å². The third kappa shape index (κ3) is 4.15. The number of amides is 1. The monoisotopic (exact) mass is 359 g/mol. The van der Waals surface area contributed by atoms with Crippen LogP contribution in [-0.4, -0.2) is 40.2 Å². The van der Waals surface area contributed by atoms with E-state index in [1.807, 2.05) is 19.1 Å². The average molecular weight is 359 g/mol. The van der Waals surface area contributed by atoms with E-state index in [0.29, 0.717) is 5.95 Å². The summed E-state index contributed by atoms with van der Waals surface area (Å²) in [4.78, 5) is 21.1. The van der Waals surface area contributed by atoms with E-state index in [4.69, 9.17) is 0 Å². The number of hydrogen-bond acceptors (Lipinski definition) is 6. The van der Waals surface area contributed by atoms with E-state index in [-0.39, 0.29) is 11.9 Å². The van der Waals surface area contributed by atoms with Crippen molar-refractivity contribution >= 4 is 23.2 Å². The molecule has 2 aromatic heterocycles. The Bertz CT molecular complexity index is 737. The zero-order valence-corrected chi connectivity index (χ0v) is 15.9. The quantitative estimate of drug-likeness (QED) is 0.889. The average Bonchev–Trinajstić information content (AvgIpc) is 3.08. The lowest BCUT2D eigenvalue weighted by Gasteiger charge is -2.32. The molecule has 0 unspecified atom stereocenters. The maximum Gasteiger partial charge on any atom is 0.261 e. The molecule has 0 saturated carbocycles. The molecule has 134 valence electrons. The van der Waals surface area contributed by atoms with Crippen molar-refractivity contribution < 1.29 is 4.79 Å². The van der Waals surface area contributed by atoms with Crippen molar-refractivity contribution in [2.45, 2.75) is 52.5 Å². The van der Waals surface area contributed by atoms with Gasteiger partial charge in [0.15, 0.2) is 0 Å². The van der Waals surface area contributed by atoms with Gasteiger partial charge in [0.05, 0.1) is 16.3 Å². The molecular formula is C18H25N5OS. The maximum atomic E-state index is 12.3. The van der Waals surface area contributed by atoms with Gasteiger partial charge in [0.1, 0.15) is 0 Å². The van der Waals surface area contributed by atoms with Gasteiger partial charge in [-0.15, -0.1) is 16.4 Å². The number of aryl methyl sites for hydroxylation is 3. The first kappa shape index (κ1) is 17.8. The smallest absolute Gasteiger partial charge is 0.261 e. The van der Waals surface area contributed by atoms with E-state index in [1.54, 1.807) is 0 Å². The van der Waals surface area contributed by atoms with Crippen molar-refractivity contribution in [3.8, 4) is 0 Å². The van der Waals surface area contributed by atoms with Gasteiger partial charge >= 0.3 is 0 Å². The number of hydrogen-bond donors (Lipinski definition) is 1. The van der Waals surface area contributed by atoms with Crippen LogP contribution in [0.25, 0.3) is 0 Å². The van der Waals surface area contributed by atoms with Gasteiger partial charge in [0.25, 0.3) is 5.91 Å². The van der Waals surface area contributed by atoms with Crippen LogP contribution in [0.1, 0.15) is 52.6 Å². The summed E-state index contributed by atoms with van der Waals surface area (Å²) in [5.41, 5.74) is 2.02. The van der Waals surface area contributed by atoms with Gasteiger partial charge in [0, 0.05) is 24.0 Å². The minimum Gasteiger partial charge on any atom is -0.348 e. The highest BCUT2D eigenvalue weighted by Gasteiger charge is 2.23. The summed E-state index contributed by atoms with van der Waals surface area (Å²) in [6, 6.07) is 4.09. The largest absolute Gasteiger partial charge is 0.348 e. The number of thiophene rings is 1. The molecule has 1 aliphatic heterocycles. The van der Waals surface area contributed by atoms with Crippen LogP contribution in [0, 0.1) is 6.92 Å². The van der Waals surface area contributed by atoms with Gasteiger partial charge in [-0.2, -0.15) is 5.10 Å². The van der Waals surface area contributed by atoms with Crippen LogP contribution in [0.15, 0.2) is 12.1 Å². The second kappa shape index (κ2) is 7.91. The Morgan fingerprint density at radius 2 is 1.92 bits per heavy atom. The van der Waals surface area contributed by atoms with Crippen LogP contribution < -0.4 is 10.2 Å². The molecule has 1 N–H and O–H groups in total. The van der Waals surface area contributed by atoms with E-state index >= 15 is 0 Å². The molecule has 0 bridgehead atoms. The number of carbonyl (C=O) groups is 1. The van der Waals surface area contributed by atoms with Gasteiger partial charge in [-0.1, -0.05) is 13.8 Å². The van der Waals surface area contributed by atoms with Crippen LogP contribution in [-0.2, 0) is 12.8 Å². The summed E-state index contributed by atoms with van der Waals surface area (Å²) >= 11 is 1.54. The van der Waals surface area contributed by atoms with Crippen LogP contribution in [0.3, 0.4) is 0 Å². The van der Waals surface area contributed by atoms with E-state index in [9.17, 15) is 4.79 Å². The third-order valence-corrected chi connectivity index (χ3v) is 5.57. The molecule has 6 nitrogen and oxygen atoms in total. The first-order valence-electron chi connectivity index (χ1n) is 8.95. The summed E-state index contributed by atoms with van der Waals surface area (Å²) in [5.74, 6) is 0.753. The summed E-state index contributed by atoms with van der Waals surface area (Å²) in [5, 5.41) is 11.8. The molecule has 1 fully saturated rings. The number of rotatable bonds is 5. The van der Waals surface area contributed by atoms with E-state index < -0.39 is 0 Å². The zero-order chi connectivity index (χ0) is 17.8. The van der Waals surface area contributed by atoms with Gasteiger partial charge in [-0.05, 0) is 44.7 Å². The summed E-state index contributed by atoms with van der Waals surface area (Å²) < 4.78 is 0. The summed E-state index contributed by atoms with van der Waals surface area (Å²) in [6.45, 7) is 7.87. The van der Waals surface area contributed by atoms with Crippen LogP contribution >= 0.6 is 11.3 Å². The molecule has 0 atom stereocenters. The zero-order valence-electron chi connectivity index (χ0n) is 15.1. The lowest BCUT2D eigenvalue weighted by molar-refractivity contribution is 0.0935. The Morgan fingerprint density at radius 3 is 2.52 bits per heavy atom. The second-order valence-electron chi connectivity index (χ2n) is 6.36. The predicted molar refractivity (Wildman–Crippen MR) is 100 cm³/mol. The Morgan fingerprint density at radius 1 is 1.20 bits per heavy atom. The molecule has 0 spiro atoms. The highest BCUT2D eigenvalue weighted by molar-refractivity contribution is 7.13. The standard InChI is InChI=1S/C18H25N5OS/c1-4-14-15(5-2)21-22-18(20-14)23-10-8-13(9-11-23)19-17(24)16-7-6-12(3)25-16/h6-7,13H,4-5,8-11H2,1-3H3,(H,19,24). The summed E-state index contributed by atoms with van der Waals surface area (Å²) in [6.07, 6.45) is 3.53. The van der Waals surface area contributed by atoms with Crippen molar-refractivity contribution in [2.24, 2.45) is 0 Å². The minimum atomic E-state index is 0.0371. The molecular weight excluding hydrogens is 334 g/mol. The third-order valence-electron chi connectivity index (χ3n) is 4.58. The molecule has 0 aromatic carbocycles. The van der Waals surface area contributed by atoms with Crippen molar-refractivity contribution in [1.29, 1.82) is 0 Å². The maximum absolute atomic E-state index is 12.3. The van der Waals surface area contributed by atoms with Crippen molar-refractivity contribution in [3.63, 3.8) is 0 Å². The number of aromatic nitrogens is 3. The Balaban J connectivity index is 1.57. The fourth-order valence-electron chi connectivity index (χ4n) is 3.10. The predicted octanol–water partition coefficient (Wildman–Crippen LogP) is 2.77. The SMILES string of the molecule is CCc1nnc(N2CCC(NC(=O)c3ccc(C)s3)CC2)nc1CC. The van der Waals surface area contributed by atoms with Crippen molar-refractivity contribution in [3.05, 3.63) is 33.3 Å². The highest BCUT2D eigenvalue weighted by Crippen LogP contribution is 2.19. The number of anilines is 1. The van der Waals surface area contributed by atoms with Crippen molar-refractivity contribution in [2.75, 3.05) is 18.0 Å². The molecule has 3 heterocycles. The Hall–Kier alpha value is -2.02. The lowest BCUT2D eigenvalue weighted by Crippen LogP contribution is -2.45. The Labute approximate surface area is 152 Å². The van der Waals surface area contributed by atoms with Gasteiger partial charge in [-0.3, -0.25) is 4.79 Å². The molecule has 3 rings (SSSR count). The van der Waals surface area contributed by atoms with E-state index in [1.165, 1.54) is 11.3 Å².